The van der Waals surface area contributed by atoms with Gasteiger partial charge in [-0.2, -0.15) is 0 Å². The Morgan fingerprint density at radius 2 is 1.10 bits per heavy atom. The smallest absolute Gasteiger partial charge is 0.131 e. The van der Waals surface area contributed by atoms with Gasteiger partial charge in [0.25, 0.3) is 0 Å². The Hall–Kier alpha value is -2.48. The van der Waals surface area contributed by atoms with Crippen molar-refractivity contribution in [2.24, 2.45) is 0 Å². The summed E-state index contributed by atoms with van der Waals surface area (Å²) in [6, 6.07) is 12.9. The quantitative estimate of drug-likeness (QED) is 0.725. The molecule has 2 aromatic rings. The minimum absolute atomic E-state index is 0.355. The summed E-state index contributed by atoms with van der Waals surface area (Å²) in [7, 11) is 0. The first-order valence-corrected chi connectivity index (χ1v) is 6.36. The summed E-state index contributed by atoms with van der Waals surface area (Å²) in [6.45, 7) is 0. The van der Waals surface area contributed by atoms with Crippen molar-refractivity contribution in [3.63, 3.8) is 0 Å². The number of allylic oxidation sites excluding steroid dienone is 5. The third kappa shape index (κ3) is 2.21. The van der Waals surface area contributed by atoms with Gasteiger partial charge in [-0.3, -0.25) is 0 Å². The number of rotatable bonds is 2. The summed E-state index contributed by atoms with van der Waals surface area (Å²) >= 11 is 0. The van der Waals surface area contributed by atoms with Crippen LogP contribution in [0.3, 0.4) is 0 Å². The van der Waals surface area contributed by atoms with Crippen molar-refractivity contribution in [1.82, 2.24) is 0 Å². The lowest BCUT2D eigenvalue weighted by Crippen LogP contribution is -1.97. The van der Waals surface area contributed by atoms with E-state index in [1.54, 1.807) is 36.4 Å². The summed E-state index contributed by atoms with van der Waals surface area (Å²) in [5.74, 6) is -0.709. The number of hydrogen-bond acceptors (Lipinski definition) is 0. The third-order valence-electron chi connectivity index (χ3n) is 3.24. The lowest BCUT2D eigenvalue weighted by atomic mass is 9.92. The first-order valence-electron chi connectivity index (χ1n) is 6.36. The molecule has 0 aliphatic heterocycles. The van der Waals surface area contributed by atoms with Crippen LogP contribution in [-0.2, 0) is 0 Å². The Balaban J connectivity index is 2.30. The molecule has 3 rings (SSSR count). The Labute approximate surface area is 116 Å². The van der Waals surface area contributed by atoms with Crippen LogP contribution in [0.2, 0.25) is 0 Å². The van der Waals surface area contributed by atoms with Crippen molar-refractivity contribution in [3.05, 3.63) is 101 Å². The Morgan fingerprint density at radius 3 is 1.55 bits per heavy atom. The second kappa shape index (κ2) is 5.25. The zero-order valence-corrected chi connectivity index (χ0v) is 10.7. The van der Waals surface area contributed by atoms with E-state index in [0.717, 1.165) is 5.57 Å². The second-order valence-corrected chi connectivity index (χ2v) is 4.51. The van der Waals surface area contributed by atoms with Crippen LogP contribution < -0.4 is 0 Å². The standard InChI is InChI=1S/C18H12F2/c19-16-11-5-3-9-14(16)18(13-7-1-2-8-13)15-10-4-6-12-17(15)20/h1-12H. The molecule has 0 unspecified atom stereocenters. The van der Waals surface area contributed by atoms with E-state index < -0.39 is 0 Å². The number of hydrogen-bond donors (Lipinski definition) is 0. The van der Waals surface area contributed by atoms with Crippen LogP contribution in [0, 0.1) is 11.6 Å². The molecule has 0 amide bonds. The van der Waals surface area contributed by atoms with Crippen LogP contribution in [-0.4, -0.2) is 0 Å². The molecule has 0 saturated carbocycles. The number of benzene rings is 2. The molecule has 0 nitrogen and oxygen atoms in total. The summed E-state index contributed by atoms with van der Waals surface area (Å²) in [4.78, 5) is 0. The lowest BCUT2D eigenvalue weighted by Gasteiger charge is -2.12. The fraction of sp³-hybridized carbons (Fsp3) is 0. The van der Waals surface area contributed by atoms with E-state index >= 15 is 0 Å². The van der Waals surface area contributed by atoms with Crippen LogP contribution in [0.15, 0.2) is 78.4 Å². The highest BCUT2D eigenvalue weighted by molar-refractivity contribution is 5.86. The van der Waals surface area contributed by atoms with Crippen LogP contribution in [0.4, 0.5) is 8.78 Å². The molecule has 1 aliphatic rings. The topological polar surface area (TPSA) is 0 Å². The minimum atomic E-state index is -0.355. The fourth-order valence-corrected chi connectivity index (χ4v) is 2.32. The first-order chi connectivity index (χ1) is 9.77. The van der Waals surface area contributed by atoms with E-state index in [-0.39, 0.29) is 11.6 Å². The summed E-state index contributed by atoms with van der Waals surface area (Å²) in [5, 5.41) is 0. The maximum Gasteiger partial charge on any atom is 0.131 e. The van der Waals surface area contributed by atoms with E-state index in [2.05, 4.69) is 0 Å². The summed E-state index contributed by atoms with van der Waals surface area (Å²) in [5.41, 5.74) is 2.19. The van der Waals surface area contributed by atoms with Gasteiger partial charge in [0.1, 0.15) is 11.6 Å². The molecule has 0 atom stereocenters. The van der Waals surface area contributed by atoms with Crippen molar-refractivity contribution >= 4 is 5.57 Å². The maximum atomic E-state index is 14.1. The van der Waals surface area contributed by atoms with Crippen molar-refractivity contribution in [1.29, 1.82) is 0 Å². The Bertz CT molecular complexity index is 675. The lowest BCUT2D eigenvalue weighted by molar-refractivity contribution is 0.618. The summed E-state index contributed by atoms with van der Waals surface area (Å²) < 4.78 is 28.2. The Kier molecular flexibility index (Phi) is 3.30. The van der Waals surface area contributed by atoms with E-state index in [1.807, 2.05) is 24.3 Å². The highest BCUT2D eigenvalue weighted by atomic mass is 19.1. The van der Waals surface area contributed by atoms with Gasteiger partial charge in [0, 0.05) is 16.7 Å². The average molecular weight is 266 g/mol. The third-order valence-corrected chi connectivity index (χ3v) is 3.24. The molecule has 0 aromatic heterocycles. The SMILES string of the molecule is Fc1ccccc1C(=C1C=CC=C1)c1ccccc1F. The molecule has 20 heavy (non-hydrogen) atoms. The molecule has 0 saturated heterocycles. The number of halogens is 2. The largest absolute Gasteiger partial charge is 0.206 e. The predicted octanol–water partition coefficient (Wildman–Crippen LogP) is 4.89. The highest BCUT2D eigenvalue weighted by Gasteiger charge is 2.16. The van der Waals surface area contributed by atoms with Gasteiger partial charge in [-0.25, -0.2) is 8.78 Å². The van der Waals surface area contributed by atoms with Crippen molar-refractivity contribution in [3.8, 4) is 0 Å². The van der Waals surface area contributed by atoms with Gasteiger partial charge < -0.3 is 0 Å². The molecule has 0 fully saturated rings. The van der Waals surface area contributed by atoms with Crippen LogP contribution >= 0.6 is 0 Å². The minimum Gasteiger partial charge on any atom is -0.206 e. The molecule has 0 bridgehead atoms. The van der Waals surface area contributed by atoms with E-state index in [0.29, 0.717) is 16.7 Å². The maximum absolute atomic E-state index is 14.1. The van der Waals surface area contributed by atoms with Crippen LogP contribution in [0.1, 0.15) is 11.1 Å². The molecule has 0 heterocycles. The van der Waals surface area contributed by atoms with E-state index in [1.165, 1.54) is 12.1 Å². The molecule has 2 aromatic carbocycles. The monoisotopic (exact) mass is 266 g/mol. The van der Waals surface area contributed by atoms with E-state index in [4.69, 9.17) is 0 Å². The van der Waals surface area contributed by atoms with E-state index in [9.17, 15) is 8.78 Å². The molecule has 2 heteroatoms. The highest BCUT2D eigenvalue weighted by Crippen LogP contribution is 2.32. The zero-order valence-electron chi connectivity index (χ0n) is 10.7. The molecule has 0 N–H and O–H groups in total. The molecule has 0 spiro atoms. The van der Waals surface area contributed by atoms with Gasteiger partial charge in [0.2, 0.25) is 0 Å². The van der Waals surface area contributed by atoms with Crippen LogP contribution in [0.5, 0.6) is 0 Å². The Morgan fingerprint density at radius 1 is 0.650 bits per heavy atom. The average Bonchev–Trinajstić information content (AvgIpc) is 2.97. The molecule has 1 aliphatic carbocycles. The van der Waals surface area contributed by atoms with Gasteiger partial charge in [-0.05, 0) is 17.7 Å². The fourth-order valence-electron chi connectivity index (χ4n) is 2.32. The van der Waals surface area contributed by atoms with Crippen molar-refractivity contribution < 1.29 is 8.78 Å². The molecule has 98 valence electrons. The van der Waals surface area contributed by atoms with Gasteiger partial charge in [-0.1, -0.05) is 60.7 Å². The van der Waals surface area contributed by atoms with Crippen molar-refractivity contribution in [2.45, 2.75) is 0 Å². The first kappa shape index (κ1) is 12.5. The van der Waals surface area contributed by atoms with Gasteiger partial charge in [0.05, 0.1) is 0 Å². The predicted molar refractivity (Wildman–Crippen MR) is 77.1 cm³/mol. The molecule has 0 radical (unpaired) electrons. The van der Waals surface area contributed by atoms with Gasteiger partial charge in [0.15, 0.2) is 0 Å². The normalized spacial score (nSPS) is 13.0. The summed E-state index contributed by atoms with van der Waals surface area (Å²) in [6.07, 6.45) is 7.43. The van der Waals surface area contributed by atoms with Crippen molar-refractivity contribution in [2.75, 3.05) is 0 Å². The van der Waals surface area contributed by atoms with Crippen LogP contribution in [0.25, 0.3) is 5.57 Å². The molecular formula is C18H12F2. The molecular weight excluding hydrogens is 254 g/mol. The second-order valence-electron chi connectivity index (χ2n) is 4.51. The zero-order chi connectivity index (χ0) is 13.9. The van der Waals surface area contributed by atoms with Gasteiger partial charge in [-0.15, -0.1) is 0 Å². The van der Waals surface area contributed by atoms with Gasteiger partial charge >= 0.3 is 0 Å².